The molecule has 187 valence electrons. The molecule has 37 heavy (non-hydrogen) atoms. The second kappa shape index (κ2) is 10.3. The Bertz CT molecular complexity index is 1490. The standard InChI is InChI=1S/C29H27N4O4/c1-4-33-25(32-26-27(33)30-19-31-28(26)34)18-37-29(20-8-6-5-7-9-20,21-10-14-23(35-2)15-11-21)22-12-16-24(36-3)17-13-22/h5-17,19H,1,4,18H2,2-3H3,(H,30,31,34). The minimum Gasteiger partial charge on any atom is -0.497 e. The number of nitrogens with zero attached hydrogens (tertiary/aromatic N) is 3. The molecule has 0 fully saturated rings. The number of hydrogen-bond donors (Lipinski definition) is 1. The molecule has 0 atom stereocenters. The summed E-state index contributed by atoms with van der Waals surface area (Å²) in [5, 5.41) is 0. The fourth-order valence-electron chi connectivity index (χ4n) is 4.59. The third-order valence-corrected chi connectivity index (χ3v) is 6.43. The summed E-state index contributed by atoms with van der Waals surface area (Å²) in [4.78, 5) is 23.9. The van der Waals surface area contributed by atoms with Gasteiger partial charge < -0.3 is 23.8 Å². The molecule has 2 aromatic heterocycles. The zero-order valence-electron chi connectivity index (χ0n) is 20.7. The van der Waals surface area contributed by atoms with E-state index in [4.69, 9.17) is 14.2 Å². The van der Waals surface area contributed by atoms with Crippen LogP contribution < -0.4 is 15.0 Å². The van der Waals surface area contributed by atoms with E-state index in [1.165, 1.54) is 6.33 Å². The summed E-state index contributed by atoms with van der Waals surface area (Å²) in [5.41, 5.74) is 2.14. The van der Waals surface area contributed by atoms with Crippen molar-refractivity contribution in [3.8, 4) is 11.5 Å². The number of aromatic nitrogens is 4. The number of hydrogen-bond acceptors (Lipinski definition) is 6. The van der Waals surface area contributed by atoms with Crippen molar-refractivity contribution in [3.63, 3.8) is 0 Å². The molecule has 0 aliphatic heterocycles. The maximum Gasteiger partial charge on any atom is 0.278 e. The Morgan fingerprint density at radius 1 is 0.865 bits per heavy atom. The number of aromatic amines is 1. The Labute approximate surface area is 214 Å². The number of ether oxygens (including phenoxy) is 3. The van der Waals surface area contributed by atoms with Crippen molar-refractivity contribution < 1.29 is 14.2 Å². The summed E-state index contributed by atoms with van der Waals surface area (Å²) < 4.78 is 19.5. The van der Waals surface area contributed by atoms with Gasteiger partial charge in [-0.05, 0) is 47.9 Å². The van der Waals surface area contributed by atoms with E-state index in [1.807, 2.05) is 78.9 Å². The Balaban J connectivity index is 1.70. The predicted octanol–water partition coefficient (Wildman–Crippen LogP) is 4.48. The largest absolute Gasteiger partial charge is 0.497 e. The molecular weight excluding hydrogens is 468 g/mol. The summed E-state index contributed by atoms with van der Waals surface area (Å²) in [6.07, 6.45) is 1.37. The van der Waals surface area contributed by atoms with E-state index in [0.29, 0.717) is 18.0 Å². The van der Waals surface area contributed by atoms with Crippen LogP contribution in [0, 0.1) is 6.92 Å². The van der Waals surface area contributed by atoms with Gasteiger partial charge in [0, 0.05) is 6.54 Å². The first-order valence-corrected chi connectivity index (χ1v) is 11.8. The predicted molar refractivity (Wildman–Crippen MR) is 141 cm³/mol. The van der Waals surface area contributed by atoms with Crippen molar-refractivity contribution in [2.75, 3.05) is 14.2 Å². The third-order valence-electron chi connectivity index (χ3n) is 6.43. The first kappa shape index (κ1) is 24.3. The minimum absolute atomic E-state index is 0.0955. The minimum atomic E-state index is -1.01. The highest BCUT2D eigenvalue weighted by atomic mass is 16.5. The van der Waals surface area contributed by atoms with E-state index in [9.17, 15) is 4.79 Å². The fraction of sp³-hybridized carbons (Fsp3) is 0.172. The summed E-state index contributed by atoms with van der Waals surface area (Å²) >= 11 is 0. The highest BCUT2D eigenvalue weighted by Crippen LogP contribution is 2.42. The van der Waals surface area contributed by atoms with Gasteiger partial charge in [-0.3, -0.25) is 4.79 Å². The van der Waals surface area contributed by atoms with Crippen LogP contribution in [0.2, 0.25) is 0 Å². The van der Waals surface area contributed by atoms with Gasteiger partial charge in [-0.15, -0.1) is 0 Å². The van der Waals surface area contributed by atoms with Gasteiger partial charge in [0.05, 0.1) is 20.5 Å². The van der Waals surface area contributed by atoms with Crippen molar-refractivity contribution in [2.24, 2.45) is 0 Å². The molecule has 1 N–H and O–H groups in total. The monoisotopic (exact) mass is 495 g/mol. The SMILES string of the molecule is [CH2]Cn1c(COC(c2ccccc2)(c2ccc(OC)cc2)c2ccc(OC)cc2)nc2c(=O)[nH]cnc21. The number of methoxy groups -OCH3 is 2. The maximum atomic E-state index is 12.4. The average molecular weight is 496 g/mol. The molecule has 1 radical (unpaired) electrons. The Hall–Kier alpha value is -4.43. The molecule has 0 unspecified atom stereocenters. The second-order valence-electron chi connectivity index (χ2n) is 8.38. The molecule has 0 amide bonds. The van der Waals surface area contributed by atoms with Crippen LogP contribution in [0.3, 0.4) is 0 Å². The second-order valence-corrected chi connectivity index (χ2v) is 8.38. The van der Waals surface area contributed by atoms with E-state index >= 15 is 0 Å². The lowest BCUT2D eigenvalue weighted by molar-refractivity contribution is -0.00422. The van der Waals surface area contributed by atoms with Gasteiger partial charge >= 0.3 is 0 Å². The van der Waals surface area contributed by atoms with E-state index < -0.39 is 5.60 Å². The van der Waals surface area contributed by atoms with E-state index in [0.717, 1.165) is 28.2 Å². The van der Waals surface area contributed by atoms with E-state index in [1.54, 1.807) is 18.8 Å². The number of fused-ring (bicyclic) bond motifs is 1. The van der Waals surface area contributed by atoms with Crippen LogP contribution >= 0.6 is 0 Å². The van der Waals surface area contributed by atoms with E-state index in [2.05, 4.69) is 21.9 Å². The highest BCUT2D eigenvalue weighted by Gasteiger charge is 2.38. The molecule has 5 rings (SSSR count). The van der Waals surface area contributed by atoms with Gasteiger partial charge in [0.1, 0.15) is 29.5 Å². The van der Waals surface area contributed by atoms with Crippen LogP contribution in [0.5, 0.6) is 11.5 Å². The van der Waals surface area contributed by atoms with Crippen LogP contribution in [-0.4, -0.2) is 33.7 Å². The maximum absolute atomic E-state index is 12.4. The normalized spacial score (nSPS) is 11.5. The molecule has 5 aromatic rings. The van der Waals surface area contributed by atoms with Gasteiger partial charge in [-0.2, -0.15) is 0 Å². The highest BCUT2D eigenvalue weighted by molar-refractivity contribution is 5.69. The Morgan fingerprint density at radius 3 is 1.97 bits per heavy atom. The Morgan fingerprint density at radius 2 is 1.43 bits per heavy atom. The van der Waals surface area contributed by atoms with Crippen molar-refractivity contribution in [3.05, 3.63) is 125 Å². The van der Waals surface area contributed by atoms with Crippen LogP contribution in [0.25, 0.3) is 11.2 Å². The van der Waals surface area contributed by atoms with Gasteiger partial charge in [0.15, 0.2) is 11.2 Å². The van der Waals surface area contributed by atoms with Crippen molar-refractivity contribution in [1.29, 1.82) is 0 Å². The molecule has 2 heterocycles. The molecule has 8 heteroatoms. The van der Waals surface area contributed by atoms with Gasteiger partial charge in [-0.25, -0.2) is 9.97 Å². The number of rotatable bonds is 9. The lowest BCUT2D eigenvalue weighted by Gasteiger charge is -2.36. The van der Waals surface area contributed by atoms with Crippen molar-refractivity contribution in [1.82, 2.24) is 19.5 Å². The zero-order chi connectivity index (χ0) is 25.8. The molecular formula is C29H27N4O4. The van der Waals surface area contributed by atoms with Crippen molar-refractivity contribution in [2.45, 2.75) is 18.8 Å². The van der Waals surface area contributed by atoms with Gasteiger partial charge in [-0.1, -0.05) is 54.6 Å². The number of benzene rings is 3. The fourth-order valence-corrected chi connectivity index (χ4v) is 4.59. The quantitative estimate of drug-likeness (QED) is 0.303. The van der Waals surface area contributed by atoms with Crippen LogP contribution in [0.4, 0.5) is 0 Å². The molecule has 0 saturated carbocycles. The van der Waals surface area contributed by atoms with E-state index in [-0.39, 0.29) is 17.7 Å². The third kappa shape index (κ3) is 4.36. The van der Waals surface area contributed by atoms with Gasteiger partial charge in [0.2, 0.25) is 0 Å². The van der Waals surface area contributed by atoms with Crippen molar-refractivity contribution >= 4 is 11.2 Å². The van der Waals surface area contributed by atoms with Crippen LogP contribution in [0.15, 0.2) is 90.0 Å². The molecule has 8 nitrogen and oxygen atoms in total. The lowest BCUT2D eigenvalue weighted by atomic mass is 9.80. The number of imidazole rings is 1. The molecule has 0 bridgehead atoms. The van der Waals surface area contributed by atoms with Crippen LogP contribution in [-0.2, 0) is 23.5 Å². The Kier molecular flexibility index (Phi) is 6.74. The molecule has 0 aliphatic carbocycles. The molecule has 0 saturated heterocycles. The summed E-state index contributed by atoms with van der Waals surface area (Å²) in [6, 6.07) is 25.6. The average Bonchev–Trinajstić information content (AvgIpc) is 3.33. The molecule has 0 aliphatic rings. The zero-order valence-corrected chi connectivity index (χ0v) is 20.7. The first-order chi connectivity index (χ1) is 18.1. The summed E-state index contributed by atoms with van der Waals surface area (Å²) in [7, 11) is 3.27. The lowest BCUT2D eigenvalue weighted by Crippen LogP contribution is -2.33. The summed E-state index contributed by atoms with van der Waals surface area (Å²) in [5.74, 6) is 2.03. The molecule has 0 spiro atoms. The topological polar surface area (TPSA) is 91.3 Å². The molecule has 3 aromatic carbocycles. The first-order valence-electron chi connectivity index (χ1n) is 11.8. The van der Waals surface area contributed by atoms with Gasteiger partial charge in [0.25, 0.3) is 5.56 Å². The number of H-pyrrole nitrogens is 1. The summed E-state index contributed by atoms with van der Waals surface area (Å²) in [6.45, 7) is 4.45. The smallest absolute Gasteiger partial charge is 0.278 e. The number of nitrogens with one attached hydrogen (secondary N) is 1. The van der Waals surface area contributed by atoms with Crippen LogP contribution in [0.1, 0.15) is 22.5 Å².